The Bertz CT molecular complexity index is 837. The Balaban J connectivity index is 2.92. The fourth-order valence-electron chi connectivity index (χ4n) is 2.78. The molecule has 0 aromatic carbocycles. The van der Waals surface area contributed by atoms with Crippen molar-refractivity contribution >= 4 is 41.4 Å². The van der Waals surface area contributed by atoms with E-state index in [1.165, 1.54) is 24.3 Å². The van der Waals surface area contributed by atoms with E-state index < -0.39 is 66.9 Å². The lowest BCUT2D eigenvalue weighted by Gasteiger charge is -2.24. The number of H-pyrrole nitrogens is 1. The van der Waals surface area contributed by atoms with Crippen molar-refractivity contribution in [3.05, 3.63) is 18.2 Å². The summed E-state index contributed by atoms with van der Waals surface area (Å²) in [6.07, 6.45) is 4.16. The van der Waals surface area contributed by atoms with Crippen LogP contribution in [0.3, 0.4) is 0 Å². The van der Waals surface area contributed by atoms with Crippen molar-refractivity contribution in [3.63, 3.8) is 0 Å². The maximum absolute atomic E-state index is 12.9. The number of thioether (sulfide) groups is 1. The third-order valence-corrected chi connectivity index (χ3v) is 5.30. The molecule has 0 radical (unpaired) electrons. The van der Waals surface area contributed by atoms with Gasteiger partial charge in [0.25, 0.3) is 0 Å². The molecule has 190 valence electrons. The zero-order chi connectivity index (χ0) is 25.7. The molecule has 9 N–H and O–H groups in total. The highest BCUT2D eigenvalue weighted by molar-refractivity contribution is 7.98. The van der Waals surface area contributed by atoms with Gasteiger partial charge in [-0.05, 0) is 24.9 Å². The van der Waals surface area contributed by atoms with Gasteiger partial charge in [0, 0.05) is 24.7 Å². The predicted octanol–water partition coefficient (Wildman–Crippen LogP) is -2.57. The van der Waals surface area contributed by atoms with Gasteiger partial charge >= 0.3 is 11.9 Å². The van der Waals surface area contributed by atoms with Crippen LogP contribution in [-0.4, -0.2) is 97.7 Å². The van der Waals surface area contributed by atoms with Gasteiger partial charge in [0.15, 0.2) is 0 Å². The van der Waals surface area contributed by atoms with E-state index in [1.54, 1.807) is 6.26 Å². The molecular formula is C19H30N6O8S. The van der Waals surface area contributed by atoms with Gasteiger partial charge in [0.2, 0.25) is 17.7 Å². The standard InChI is InChI=1S/C19H30N6O8S/c1-34-5-4-13(18(31)25-14(8-26)19(32)33)24-17(30)12(2-3-15(27)28)23-16(29)11(20)6-10-7-21-9-22-10/h7,9,11-14,26H,2-6,8,20H2,1H3,(H,21,22)(H,23,29)(H,24,30)(H,25,31)(H,27,28)(H,32,33). The van der Waals surface area contributed by atoms with Gasteiger partial charge in [-0.3, -0.25) is 19.2 Å². The first-order chi connectivity index (χ1) is 16.1. The molecule has 0 aliphatic rings. The number of rotatable bonds is 16. The molecule has 1 heterocycles. The highest BCUT2D eigenvalue weighted by Crippen LogP contribution is 2.06. The van der Waals surface area contributed by atoms with Crippen molar-refractivity contribution in [2.45, 2.75) is 49.9 Å². The number of aliphatic carboxylic acids is 2. The van der Waals surface area contributed by atoms with Gasteiger partial charge < -0.3 is 42.0 Å². The number of aromatic nitrogens is 2. The van der Waals surface area contributed by atoms with Gasteiger partial charge in [-0.25, -0.2) is 9.78 Å². The second-order valence-corrected chi connectivity index (χ2v) is 8.29. The van der Waals surface area contributed by atoms with Crippen LogP contribution < -0.4 is 21.7 Å². The van der Waals surface area contributed by atoms with E-state index in [9.17, 15) is 24.0 Å². The first-order valence-corrected chi connectivity index (χ1v) is 11.7. The van der Waals surface area contributed by atoms with Crippen molar-refractivity contribution in [1.29, 1.82) is 0 Å². The lowest BCUT2D eigenvalue weighted by molar-refractivity contribution is -0.143. The smallest absolute Gasteiger partial charge is 0.328 e. The lowest BCUT2D eigenvalue weighted by Crippen LogP contribution is -2.57. The number of hydrogen-bond acceptors (Lipinski definition) is 9. The number of aliphatic hydroxyl groups is 1. The Morgan fingerprint density at radius 2 is 1.62 bits per heavy atom. The quantitative estimate of drug-likeness (QED) is 0.117. The molecule has 0 spiro atoms. The summed E-state index contributed by atoms with van der Waals surface area (Å²) in [7, 11) is 0. The van der Waals surface area contributed by atoms with E-state index in [-0.39, 0.29) is 19.3 Å². The summed E-state index contributed by atoms with van der Waals surface area (Å²) in [5, 5.41) is 34.1. The summed E-state index contributed by atoms with van der Waals surface area (Å²) in [6, 6.07) is -5.12. The molecule has 0 aliphatic heterocycles. The minimum atomic E-state index is -1.57. The first kappa shape index (κ1) is 28.9. The van der Waals surface area contributed by atoms with Crippen LogP contribution in [0.5, 0.6) is 0 Å². The summed E-state index contributed by atoms with van der Waals surface area (Å²) in [5.41, 5.74) is 6.46. The van der Waals surface area contributed by atoms with Crippen LogP contribution in [0.1, 0.15) is 25.0 Å². The summed E-state index contributed by atoms with van der Waals surface area (Å²) in [4.78, 5) is 66.6. The summed E-state index contributed by atoms with van der Waals surface area (Å²) in [6.45, 7) is -0.851. The summed E-state index contributed by atoms with van der Waals surface area (Å²) in [5.74, 6) is -4.61. The minimum absolute atomic E-state index is 0.0929. The van der Waals surface area contributed by atoms with Crippen LogP contribution in [-0.2, 0) is 30.4 Å². The van der Waals surface area contributed by atoms with Crippen LogP contribution in [0.15, 0.2) is 12.5 Å². The van der Waals surface area contributed by atoms with Crippen molar-refractivity contribution in [2.75, 3.05) is 18.6 Å². The molecule has 1 rings (SSSR count). The van der Waals surface area contributed by atoms with E-state index in [4.69, 9.17) is 21.1 Å². The van der Waals surface area contributed by atoms with Crippen LogP contribution >= 0.6 is 11.8 Å². The largest absolute Gasteiger partial charge is 0.481 e. The topological polar surface area (TPSA) is 237 Å². The second-order valence-electron chi connectivity index (χ2n) is 7.31. The molecule has 14 nitrogen and oxygen atoms in total. The Morgan fingerprint density at radius 1 is 1.03 bits per heavy atom. The Hall–Kier alpha value is -3.17. The third kappa shape index (κ3) is 10.2. The van der Waals surface area contributed by atoms with Crippen LogP contribution in [0.25, 0.3) is 0 Å². The minimum Gasteiger partial charge on any atom is -0.481 e. The average Bonchev–Trinajstić information content (AvgIpc) is 3.29. The summed E-state index contributed by atoms with van der Waals surface area (Å²) < 4.78 is 0. The molecule has 1 aromatic rings. The highest BCUT2D eigenvalue weighted by Gasteiger charge is 2.30. The normalized spacial score (nSPS) is 14.3. The van der Waals surface area contributed by atoms with Crippen LogP contribution in [0, 0.1) is 0 Å². The zero-order valence-corrected chi connectivity index (χ0v) is 19.3. The number of aliphatic hydroxyl groups excluding tert-OH is 1. The Labute approximate surface area is 199 Å². The van der Waals surface area contributed by atoms with Gasteiger partial charge in [0.1, 0.15) is 18.1 Å². The van der Waals surface area contributed by atoms with Crippen molar-refractivity contribution in [1.82, 2.24) is 25.9 Å². The molecule has 0 bridgehead atoms. The second kappa shape index (κ2) is 14.9. The zero-order valence-electron chi connectivity index (χ0n) is 18.5. The number of hydrogen-bond donors (Lipinski definition) is 8. The Kier molecular flexibility index (Phi) is 12.6. The molecular weight excluding hydrogens is 472 g/mol. The number of nitrogens with one attached hydrogen (secondary N) is 4. The number of carboxylic acids is 2. The maximum Gasteiger partial charge on any atom is 0.328 e. The molecule has 4 atom stereocenters. The number of amides is 3. The average molecular weight is 503 g/mol. The molecule has 34 heavy (non-hydrogen) atoms. The number of nitrogens with zero attached hydrogens (tertiary/aromatic N) is 1. The monoisotopic (exact) mass is 502 g/mol. The van der Waals surface area contributed by atoms with Gasteiger partial charge in [0.05, 0.1) is 19.0 Å². The van der Waals surface area contributed by atoms with Crippen molar-refractivity contribution < 1.29 is 39.3 Å². The third-order valence-electron chi connectivity index (χ3n) is 4.65. The van der Waals surface area contributed by atoms with Crippen LogP contribution in [0.2, 0.25) is 0 Å². The lowest BCUT2D eigenvalue weighted by atomic mass is 10.1. The van der Waals surface area contributed by atoms with Crippen molar-refractivity contribution in [2.24, 2.45) is 5.73 Å². The number of carbonyl (C=O) groups is 5. The molecule has 0 saturated heterocycles. The van der Waals surface area contributed by atoms with E-state index >= 15 is 0 Å². The fourth-order valence-corrected chi connectivity index (χ4v) is 3.25. The predicted molar refractivity (Wildman–Crippen MR) is 121 cm³/mol. The van der Waals surface area contributed by atoms with E-state index in [0.717, 1.165) is 0 Å². The first-order valence-electron chi connectivity index (χ1n) is 10.3. The molecule has 4 unspecified atom stereocenters. The van der Waals surface area contributed by atoms with Gasteiger partial charge in [-0.15, -0.1) is 0 Å². The SMILES string of the molecule is CSCCC(NC(=O)C(CCC(=O)O)NC(=O)C(N)Cc1cnc[nH]1)C(=O)NC(CO)C(=O)O. The maximum atomic E-state index is 12.9. The Morgan fingerprint density at radius 3 is 2.12 bits per heavy atom. The molecule has 0 saturated carbocycles. The van der Waals surface area contributed by atoms with Gasteiger partial charge in [-0.1, -0.05) is 0 Å². The molecule has 0 fully saturated rings. The van der Waals surface area contributed by atoms with Gasteiger partial charge in [-0.2, -0.15) is 11.8 Å². The van der Waals surface area contributed by atoms with E-state index in [1.807, 2.05) is 0 Å². The number of carboxylic acid groups (broad SMARTS) is 2. The van der Waals surface area contributed by atoms with E-state index in [2.05, 4.69) is 25.9 Å². The molecule has 1 aromatic heterocycles. The fraction of sp³-hybridized carbons (Fsp3) is 0.579. The number of carbonyl (C=O) groups excluding carboxylic acids is 3. The number of nitrogens with two attached hydrogens (primary N) is 1. The van der Waals surface area contributed by atoms with E-state index in [0.29, 0.717) is 11.4 Å². The number of aromatic amines is 1. The van der Waals surface area contributed by atoms with Crippen molar-refractivity contribution in [3.8, 4) is 0 Å². The highest BCUT2D eigenvalue weighted by atomic mass is 32.2. The number of imidazole rings is 1. The molecule has 15 heteroatoms. The molecule has 0 aliphatic carbocycles. The summed E-state index contributed by atoms with van der Waals surface area (Å²) >= 11 is 1.38. The van der Waals surface area contributed by atoms with Crippen LogP contribution in [0.4, 0.5) is 0 Å². The molecule has 3 amide bonds.